The molecule has 1 aromatic carbocycles. The van der Waals surface area contributed by atoms with Crippen molar-refractivity contribution in [3.63, 3.8) is 0 Å². The van der Waals surface area contributed by atoms with E-state index in [-0.39, 0.29) is 11.7 Å². The summed E-state index contributed by atoms with van der Waals surface area (Å²) in [7, 11) is 0. The maximum atomic E-state index is 12.0. The number of halogens is 2. The van der Waals surface area contributed by atoms with E-state index in [0.29, 0.717) is 12.1 Å². The van der Waals surface area contributed by atoms with Gasteiger partial charge in [0.15, 0.2) is 0 Å². The maximum Gasteiger partial charge on any atom is 0.387 e. The molecule has 1 amide bonds. The molecule has 0 spiro atoms. The van der Waals surface area contributed by atoms with Crippen LogP contribution in [-0.4, -0.2) is 12.5 Å². The van der Waals surface area contributed by atoms with Crippen molar-refractivity contribution >= 4 is 12.0 Å². The van der Waals surface area contributed by atoms with Crippen molar-refractivity contribution in [1.29, 1.82) is 0 Å². The van der Waals surface area contributed by atoms with Crippen LogP contribution in [0.25, 0.3) is 6.08 Å². The van der Waals surface area contributed by atoms with Crippen LogP contribution in [0.5, 0.6) is 5.75 Å². The molecule has 0 saturated heterocycles. The first-order valence-electron chi connectivity index (χ1n) is 7.01. The van der Waals surface area contributed by atoms with E-state index in [1.165, 1.54) is 18.2 Å². The average molecular weight is 321 g/mol. The van der Waals surface area contributed by atoms with Crippen molar-refractivity contribution < 1.29 is 22.7 Å². The molecule has 0 radical (unpaired) electrons. The van der Waals surface area contributed by atoms with E-state index < -0.39 is 6.61 Å². The number of carbonyl (C=O) groups is 1. The highest BCUT2D eigenvalue weighted by Crippen LogP contribution is 2.16. The summed E-state index contributed by atoms with van der Waals surface area (Å²) < 4.78 is 33.7. The third kappa shape index (κ3) is 5.25. The van der Waals surface area contributed by atoms with E-state index in [4.69, 9.17) is 4.42 Å². The Kier molecular flexibility index (Phi) is 5.51. The van der Waals surface area contributed by atoms with Crippen molar-refractivity contribution in [1.82, 2.24) is 5.32 Å². The molecule has 23 heavy (non-hydrogen) atoms. The summed E-state index contributed by atoms with van der Waals surface area (Å²) in [4.78, 5) is 11.8. The lowest BCUT2D eigenvalue weighted by atomic mass is 10.2. The maximum absolute atomic E-state index is 12.0. The van der Waals surface area contributed by atoms with Crippen molar-refractivity contribution in [2.24, 2.45) is 0 Å². The third-order valence-electron chi connectivity index (χ3n) is 3.13. The second-order valence-corrected chi connectivity index (χ2v) is 4.94. The van der Waals surface area contributed by atoms with Crippen LogP contribution < -0.4 is 10.1 Å². The van der Waals surface area contributed by atoms with Crippen LogP contribution in [0.15, 0.2) is 40.8 Å². The van der Waals surface area contributed by atoms with Gasteiger partial charge in [-0.2, -0.15) is 8.78 Å². The molecule has 0 aliphatic rings. The normalized spacial score (nSPS) is 11.2. The van der Waals surface area contributed by atoms with Crippen molar-refractivity contribution in [2.75, 3.05) is 0 Å². The number of hydrogen-bond donors (Lipinski definition) is 1. The molecule has 2 aromatic rings. The summed E-state index contributed by atoms with van der Waals surface area (Å²) in [5, 5.41) is 2.75. The van der Waals surface area contributed by atoms with Gasteiger partial charge in [-0.25, -0.2) is 0 Å². The van der Waals surface area contributed by atoms with Crippen molar-refractivity contribution in [3.05, 3.63) is 59.1 Å². The molecule has 2 rings (SSSR count). The highest BCUT2D eigenvalue weighted by molar-refractivity contribution is 5.91. The minimum atomic E-state index is -2.85. The predicted octanol–water partition coefficient (Wildman–Crippen LogP) is 3.83. The lowest BCUT2D eigenvalue weighted by Gasteiger charge is -2.04. The molecule has 0 aliphatic heterocycles. The molecule has 1 heterocycles. The number of carbonyl (C=O) groups excluding carboxylic acids is 1. The van der Waals surface area contributed by atoms with Gasteiger partial charge in [0.25, 0.3) is 0 Å². The Morgan fingerprint density at radius 2 is 2.00 bits per heavy atom. The van der Waals surface area contributed by atoms with Crippen LogP contribution in [0.2, 0.25) is 0 Å². The Morgan fingerprint density at radius 1 is 1.30 bits per heavy atom. The number of ether oxygens (including phenoxy) is 1. The summed E-state index contributed by atoms with van der Waals surface area (Å²) in [6.45, 7) is 1.22. The molecule has 0 saturated carbocycles. The Hall–Kier alpha value is -2.63. The molecule has 0 bridgehead atoms. The summed E-state index contributed by atoms with van der Waals surface area (Å²) in [6, 6.07) is 7.89. The van der Waals surface area contributed by atoms with E-state index in [1.54, 1.807) is 18.2 Å². The molecule has 0 atom stereocenters. The average Bonchev–Trinajstić information content (AvgIpc) is 2.82. The number of alkyl halides is 2. The fourth-order valence-electron chi connectivity index (χ4n) is 2.03. The van der Waals surface area contributed by atoms with E-state index in [0.717, 1.165) is 17.1 Å². The number of nitrogens with one attached hydrogen (secondary N) is 1. The molecule has 4 nitrogen and oxygen atoms in total. The van der Waals surface area contributed by atoms with Gasteiger partial charge >= 0.3 is 6.61 Å². The van der Waals surface area contributed by atoms with E-state index in [1.807, 2.05) is 19.9 Å². The van der Waals surface area contributed by atoms with Gasteiger partial charge in [0.2, 0.25) is 5.91 Å². The zero-order valence-corrected chi connectivity index (χ0v) is 12.8. The topological polar surface area (TPSA) is 51.5 Å². The third-order valence-corrected chi connectivity index (χ3v) is 3.13. The zero-order valence-electron chi connectivity index (χ0n) is 12.8. The first-order chi connectivity index (χ1) is 10.9. The largest absolute Gasteiger partial charge is 0.466 e. The first kappa shape index (κ1) is 16.7. The Morgan fingerprint density at radius 3 is 2.57 bits per heavy atom. The van der Waals surface area contributed by atoms with Gasteiger partial charge in [-0.1, -0.05) is 12.1 Å². The fourth-order valence-corrected chi connectivity index (χ4v) is 2.03. The minimum Gasteiger partial charge on any atom is -0.466 e. The highest BCUT2D eigenvalue weighted by Gasteiger charge is 2.05. The van der Waals surface area contributed by atoms with Crippen LogP contribution in [0, 0.1) is 13.8 Å². The lowest BCUT2D eigenvalue weighted by Crippen LogP contribution is -2.20. The molecule has 0 fully saturated rings. The van der Waals surface area contributed by atoms with Crippen LogP contribution in [0.1, 0.15) is 22.6 Å². The van der Waals surface area contributed by atoms with Gasteiger partial charge in [-0.05, 0) is 43.7 Å². The number of rotatable bonds is 6. The van der Waals surface area contributed by atoms with Gasteiger partial charge in [-0.15, -0.1) is 0 Å². The first-order valence-corrected chi connectivity index (χ1v) is 7.01. The number of hydrogen-bond acceptors (Lipinski definition) is 3. The van der Waals surface area contributed by atoms with Crippen molar-refractivity contribution in [3.8, 4) is 5.75 Å². The second kappa shape index (κ2) is 7.58. The summed E-state index contributed by atoms with van der Waals surface area (Å²) >= 11 is 0. The molecular formula is C17H17F2NO3. The van der Waals surface area contributed by atoms with Crippen molar-refractivity contribution in [2.45, 2.75) is 27.0 Å². The second-order valence-electron chi connectivity index (χ2n) is 4.94. The van der Waals surface area contributed by atoms with Crippen LogP contribution in [0.3, 0.4) is 0 Å². The highest BCUT2D eigenvalue weighted by atomic mass is 19.3. The monoisotopic (exact) mass is 321 g/mol. The number of amides is 1. The zero-order chi connectivity index (χ0) is 16.8. The molecule has 1 aromatic heterocycles. The van der Waals surface area contributed by atoms with Gasteiger partial charge < -0.3 is 14.5 Å². The van der Waals surface area contributed by atoms with Gasteiger partial charge in [0.05, 0.1) is 0 Å². The van der Waals surface area contributed by atoms with Crippen LogP contribution in [-0.2, 0) is 11.3 Å². The summed E-state index contributed by atoms with van der Waals surface area (Å²) in [5.74, 6) is 1.40. The molecule has 6 heteroatoms. The van der Waals surface area contributed by atoms with E-state index in [9.17, 15) is 13.6 Å². The minimum absolute atomic E-state index is 0.0763. The number of benzene rings is 1. The van der Waals surface area contributed by atoms with Gasteiger partial charge in [0.1, 0.15) is 17.3 Å². The summed E-state index contributed by atoms with van der Waals surface area (Å²) in [6.07, 6.45) is 2.97. The molecular weight excluding hydrogens is 304 g/mol. The fraction of sp³-hybridized carbons (Fsp3) is 0.235. The molecule has 0 aliphatic carbocycles. The van der Waals surface area contributed by atoms with Gasteiger partial charge in [-0.3, -0.25) is 4.79 Å². The van der Waals surface area contributed by atoms with Crippen LogP contribution >= 0.6 is 0 Å². The summed E-state index contributed by atoms with van der Waals surface area (Å²) in [5.41, 5.74) is 1.63. The Bertz CT molecular complexity index is 690. The number of furan rings is 1. The lowest BCUT2D eigenvalue weighted by molar-refractivity contribution is -0.116. The smallest absolute Gasteiger partial charge is 0.387 e. The molecule has 122 valence electrons. The standard InChI is InChI=1S/C17H17F2NO3/c1-11-9-14(12(2)22-11)10-20-16(21)8-5-13-3-6-15(7-4-13)23-17(18)19/h3-9,17H,10H2,1-2H3,(H,20,21)/b8-5+. The van der Waals surface area contributed by atoms with Gasteiger partial charge in [0, 0.05) is 18.2 Å². The Balaban J connectivity index is 1.87. The molecule has 0 unspecified atom stereocenters. The Labute approximate surface area is 132 Å². The quantitative estimate of drug-likeness (QED) is 0.823. The van der Waals surface area contributed by atoms with Crippen LogP contribution in [0.4, 0.5) is 8.78 Å². The SMILES string of the molecule is Cc1cc(CNC(=O)/C=C/c2ccc(OC(F)F)cc2)c(C)o1. The van der Waals surface area contributed by atoms with E-state index >= 15 is 0 Å². The van der Waals surface area contributed by atoms with E-state index in [2.05, 4.69) is 10.1 Å². The predicted molar refractivity (Wildman–Crippen MR) is 82.1 cm³/mol. The number of aryl methyl sites for hydroxylation is 2. The molecule has 1 N–H and O–H groups in total.